The van der Waals surface area contributed by atoms with Gasteiger partial charge in [-0.05, 0) is 13.8 Å². The van der Waals surface area contributed by atoms with E-state index in [1.165, 1.54) is 6.92 Å². The lowest BCUT2D eigenvalue weighted by molar-refractivity contribution is -0.385. The summed E-state index contributed by atoms with van der Waals surface area (Å²) < 4.78 is 0. The smallest absolute Gasteiger partial charge is 0.275 e. The first-order valence-corrected chi connectivity index (χ1v) is 4.19. The maximum Gasteiger partial charge on any atom is 0.322 e. The summed E-state index contributed by atoms with van der Waals surface area (Å²) in [6.45, 7) is 3.40. The van der Waals surface area contributed by atoms with Gasteiger partial charge in [-0.2, -0.15) is 5.10 Å². The summed E-state index contributed by atoms with van der Waals surface area (Å²) >= 11 is 0. The van der Waals surface area contributed by atoms with Gasteiger partial charge in [0, 0.05) is 0 Å². The predicted molar refractivity (Wildman–Crippen MR) is 49.1 cm³/mol. The molecule has 0 atom stereocenters. The Hall–Kier alpha value is -1.96. The van der Waals surface area contributed by atoms with Crippen LogP contribution in [0, 0.1) is 17.0 Å². The number of carbonyl (C=O) groups excluding carboxylic acids is 1. The van der Waals surface area contributed by atoms with E-state index < -0.39 is 10.8 Å². The molecule has 0 spiro atoms. The normalized spacial score (nSPS) is 10.0. The monoisotopic (exact) mass is 214 g/mol. The minimum absolute atomic E-state index is 0.224. The number of hydrogen-bond acceptors (Lipinski definition) is 5. The molecular formula is C7H10N4O4. The summed E-state index contributed by atoms with van der Waals surface area (Å²) in [5.74, 6) is -0.743. The first kappa shape index (κ1) is 11.1. The molecule has 0 aromatic carbocycles. The highest BCUT2D eigenvalue weighted by molar-refractivity contribution is 5.95. The third-order valence-corrected chi connectivity index (χ3v) is 1.62. The lowest BCUT2D eigenvalue weighted by Crippen LogP contribution is -2.24. The summed E-state index contributed by atoms with van der Waals surface area (Å²) in [7, 11) is 0. The van der Waals surface area contributed by atoms with Crippen LogP contribution in [0.5, 0.6) is 0 Å². The van der Waals surface area contributed by atoms with Crippen molar-refractivity contribution < 1.29 is 14.6 Å². The van der Waals surface area contributed by atoms with Crippen molar-refractivity contribution in [1.29, 1.82) is 0 Å². The van der Waals surface area contributed by atoms with Gasteiger partial charge in [-0.15, -0.1) is 0 Å². The van der Waals surface area contributed by atoms with Crippen molar-refractivity contribution in [3.8, 4) is 0 Å². The number of rotatable bonds is 4. The van der Waals surface area contributed by atoms with Gasteiger partial charge in [0.25, 0.3) is 0 Å². The molecular weight excluding hydrogens is 204 g/mol. The molecule has 1 rings (SSSR count). The van der Waals surface area contributed by atoms with Crippen LogP contribution >= 0.6 is 0 Å². The van der Waals surface area contributed by atoms with Crippen molar-refractivity contribution >= 4 is 11.6 Å². The van der Waals surface area contributed by atoms with E-state index in [1.807, 2.05) is 5.48 Å². The molecule has 0 aliphatic carbocycles. The molecule has 0 saturated carbocycles. The van der Waals surface area contributed by atoms with Crippen LogP contribution in [0.15, 0.2) is 0 Å². The van der Waals surface area contributed by atoms with Crippen molar-refractivity contribution in [3.63, 3.8) is 0 Å². The number of aryl methyl sites for hydroxylation is 1. The minimum Gasteiger partial charge on any atom is -0.275 e. The van der Waals surface area contributed by atoms with Crippen LogP contribution in [-0.2, 0) is 4.84 Å². The Kier molecular flexibility index (Phi) is 3.34. The second-order valence-corrected chi connectivity index (χ2v) is 2.67. The summed E-state index contributed by atoms with van der Waals surface area (Å²) in [4.78, 5) is 25.9. The van der Waals surface area contributed by atoms with Crippen molar-refractivity contribution in [2.45, 2.75) is 13.8 Å². The zero-order valence-electron chi connectivity index (χ0n) is 8.23. The third-order valence-electron chi connectivity index (χ3n) is 1.62. The average molecular weight is 214 g/mol. The van der Waals surface area contributed by atoms with E-state index in [0.717, 1.165) is 0 Å². The number of aromatic nitrogens is 2. The van der Waals surface area contributed by atoms with Crippen LogP contribution in [0.4, 0.5) is 5.69 Å². The summed E-state index contributed by atoms with van der Waals surface area (Å²) in [6, 6.07) is 0. The number of nitrogens with zero attached hydrogens (tertiary/aromatic N) is 2. The number of hydroxylamine groups is 1. The number of amides is 1. The van der Waals surface area contributed by atoms with Crippen LogP contribution in [0.2, 0.25) is 0 Å². The van der Waals surface area contributed by atoms with Gasteiger partial charge in [0.2, 0.25) is 5.69 Å². The van der Waals surface area contributed by atoms with E-state index >= 15 is 0 Å². The molecule has 1 heterocycles. The van der Waals surface area contributed by atoms with E-state index in [1.54, 1.807) is 6.92 Å². The Labute approximate surface area is 84.7 Å². The molecule has 1 aromatic rings. The van der Waals surface area contributed by atoms with Crippen LogP contribution in [0.1, 0.15) is 23.1 Å². The highest BCUT2D eigenvalue weighted by Gasteiger charge is 2.26. The van der Waals surface area contributed by atoms with Gasteiger partial charge in [0.1, 0.15) is 5.69 Å². The lowest BCUT2D eigenvalue weighted by atomic mass is 10.3. The highest BCUT2D eigenvalue weighted by Crippen LogP contribution is 2.19. The standard InChI is InChI=1S/C7H10N4O4/c1-3-15-10-7(12)5-6(11(13)14)4(2)8-9-5/h3H2,1-2H3,(H,8,9)(H,10,12). The van der Waals surface area contributed by atoms with Crippen molar-refractivity contribution in [2.75, 3.05) is 6.61 Å². The molecule has 8 heteroatoms. The summed E-state index contributed by atoms with van der Waals surface area (Å²) in [5, 5.41) is 16.5. The van der Waals surface area contributed by atoms with Crippen LogP contribution < -0.4 is 5.48 Å². The largest absolute Gasteiger partial charge is 0.322 e. The molecule has 0 radical (unpaired) electrons. The summed E-state index contributed by atoms with van der Waals surface area (Å²) in [6.07, 6.45) is 0. The third kappa shape index (κ3) is 2.29. The number of nitro groups is 1. The van der Waals surface area contributed by atoms with Gasteiger partial charge < -0.3 is 0 Å². The maximum absolute atomic E-state index is 11.3. The molecule has 0 aliphatic rings. The second kappa shape index (κ2) is 4.51. The fraction of sp³-hybridized carbons (Fsp3) is 0.429. The van der Waals surface area contributed by atoms with Crippen molar-refractivity contribution in [2.24, 2.45) is 0 Å². The number of aromatic amines is 1. The van der Waals surface area contributed by atoms with E-state index in [4.69, 9.17) is 0 Å². The summed E-state index contributed by atoms with van der Waals surface area (Å²) in [5.41, 5.74) is 1.63. The van der Waals surface area contributed by atoms with Gasteiger partial charge in [-0.1, -0.05) is 0 Å². The topological polar surface area (TPSA) is 110 Å². The first-order valence-electron chi connectivity index (χ1n) is 4.19. The second-order valence-electron chi connectivity index (χ2n) is 2.67. The van der Waals surface area contributed by atoms with E-state index in [-0.39, 0.29) is 23.7 Å². The SMILES string of the molecule is CCONC(=O)c1n[nH]c(C)c1[N+](=O)[O-]. The quantitative estimate of drug-likeness (QED) is 0.553. The van der Waals surface area contributed by atoms with Gasteiger partial charge in [0.15, 0.2) is 0 Å². The Morgan fingerprint density at radius 1 is 1.73 bits per heavy atom. The molecule has 82 valence electrons. The minimum atomic E-state index is -0.743. The Morgan fingerprint density at radius 3 is 2.93 bits per heavy atom. The maximum atomic E-state index is 11.3. The van der Waals surface area contributed by atoms with E-state index in [9.17, 15) is 14.9 Å². The number of carbonyl (C=O) groups is 1. The van der Waals surface area contributed by atoms with Crippen LogP contribution in [0.25, 0.3) is 0 Å². The zero-order valence-corrected chi connectivity index (χ0v) is 8.23. The van der Waals surface area contributed by atoms with E-state index in [0.29, 0.717) is 0 Å². The average Bonchev–Trinajstić information content (AvgIpc) is 2.56. The number of hydrogen-bond donors (Lipinski definition) is 2. The molecule has 1 amide bonds. The molecule has 1 aromatic heterocycles. The predicted octanol–water partition coefficient (Wildman–Crippen LogP) is 0.308. The Bertz CT molecular complexity index is 386. The van der Waals surface area contributed by atoms with Gasteiger partial charge in [0.05, 0.1) is 11.5 Å². The number of nitrogens with one attached hydrogen (secondary N) is 2. The van der Waals surface area contributed by atoms with Crippen LogP contribution in [-0.4, -0.2) is 27.6 Å². The molecule has 0 aliphatic heterocycles. The molecule has 0 fully saturated rings. The van der Waals surface area contributed by atoms with Gasteiger partial charge in [-0.3, -0.25) is 24.8 Å². The van der Waals surface area contributed by atoms with Crippen LogP contribution in [0.3, 0.4) is 0 Å². The fourth-order valence-electron chi connectivity index (χ4n) is 0.991. The lowest BCUT2D eigenvalue weighted by Gasteiger charge is -1.99. The van der Waals surface area contributed by atoms with Gasteiger partial charge >= 0.3 is 11.6 Å². The number of H-pyrrole nitrogens is 1. The van der Waals surface area contributed by atoms with Gasteiger partial charge in [-0.25, -0.2) is 5.48 Å². The Morgan fingerprint density at radius 2 is 2.40 bits per heavy atom. The molecule has 15 heavy (non-hydrogen) atoms. The van der Waals surface area contributed by atoms with E-state index in [2.05, 4.69) is 15.0 Å². The zero-order chi connectivity index (χ0) is 11.4. The fourth-order valence-corrected chi connectivity index (χ4v) is 0.991. The molecule has 8 nitrogen and oxygen atoms in total. The molecule has 0 saturated heterocycles. The van der Waals surface area contributed by atoms with Crippen molar-refractivity contribution in [3.05, 3.63) is 21.5 Å². The molecule has 0 bridgehead atoms. The molecule has 0 unspecified atom stereocenters. The Balaban J connectivity index is 2.94. The van der Waals surface area contributed by atoms with Crippen molar-refractivity contribution in [1.82, 2.24) is 15.7 Å². The first-order chi connectivity index (χ1) is 7.07. The molecule has 2 N–H and O–H groups in total. The highest BCUT2D eigenvalue weighted by atomic mass is 16.7.